The Morgan fingerprint density at radius 1 is 1.22 bits per heavy atom. The van der Waals surface area contributed by atoms with Crippen molar-refractivity contribution in [3.8, 4) is 0 Å². The normalized spacial score (nSPS) is 30.7. The summed E-state index contributed by atoms with van der Waals surface area (Å²) in [4.78, 5) is 0. The van der Waals surface area contributed by atoms with Gasteiger partial charge in [-0.2, -0.15) is 8.42 Å². The van der Waals surface area contributed by atoms with Crippen LogP contribution in [-0.4, -0.2) is 39.8 Å². The lowest BCUT2D eigenvalue weighted by Crippen LogP contribution is -2.38. The maximum absolute atomic E-state index is 10.9. The first-order valence-corrected chi connectivity index (χ1v) is 8.18. The number of hydrogen-bond acceptors (Lipinski definition) is 5. The smallest absolute Gasteiger partial charge is 0.264 e. The van der Waals surface area contributed by atoms with Crippen LogP contribution in [0.15, 0.2) is 0 Å². The van der Waals surface area contributed by atoms with Crippen molar-refractivity contribution in [3.05, 3.63) is 0 Å². The monoisotopic (exact) mass is 278 g/mol. The molecule has 1 aliphatic heterocycles. The molecule has 0 amide bonds. The van der Waals surface area contributed by atoms with E-state index in [1.165, 1.54) is 0 Å². The maximum Gasteiger partial charge on any atom is 0.264 e. The highest BCUT2D eigenvalue weighted by Gasteiger charge is 2.46. The molecule has 6 heteroatoms. The molecule has 0 aromatic carbocycles. The summed E-state index contributed by atoms with van der Waals surface area (Å²) in [6, 6.07) is 0. The fourth-order valence-corrected chi connectivity index (χ4v) is 2.87. The lowest BCUT2D eigenvalue weighted by atomic mass is 9.75. The van der Waals surface area contributed by atoms with Crippen molar-refractivity contribution < 1.29 is 22.1 Å². The van der Waals surface area contributed by atoms with E-state index in [4.69, 9.17) is 13.7 Å². The highest BCUT2D eigenvalue weighted by atomic mass is 32.2. The second kappa shape index (κ2) is 4.74. The van der Waals surface area contributed by atoms with Gasteiger partial charge in [-0.1, -0.05) is 13.8 Å². The second-order valence-corrected chi connectivity index (χ2v) is 7.76. The zero-order valence-electron chi connectivity index (χ0n) is 11.3. The van der Waals surface area contributed by atoms with E-state index in [-0.39, 0.29) is 12.7 Å². The molecule has 1 aliphatic carbocycles. The maximum atomic E-state index is 10.9. The Hall–Kier alpha value is -0.170. The van der Waals surface area contributed by atoms with Crippen LogP contribution in [0.5, 0.6) is 0 Å². The number of hydrogen-bond donors (Lipinski definition) is 0. The van der Waals surface area contributed by atoms with Gasteiger partial charge in [0.1, 0.15) is 6.10 Å². The molecule has 0 aromatic rings. The summed E-state index contributed by atoms with van der Waals surface area (Å²) in [5.74, 6) is -0.499. The highest BCUT2D eigenvalue weighted by Crippen LogP contribution is 2.45. The van der Waals surface area contributed by atoms with Gasteiger partial charge in [-0.05, 0) is 18.3 Å². The fraction of sp³-hybridized carbons (Fsp3) is 1.00. The minimum atomic E-state index is -3.41. The van der Waals surface area contributed by atoms with E-state index in [2.05, 4.69) is 13.8 Å². The quantitative estimate of drug-likeness (QED) is 0.735. The first kappa shape index (κ1) is 14.2. The van der Waals surface area contributed by atoms with Gasteiger partial charge in [0.05, 0.1) is 19.5 Å². The minimum Gasteiger partial charge on any atom is -0.347 e. The summed E-state index contributed by atoms with van der Waals surface area (Å²) in [6.45, 7) is 4.96. The van der Waals surface area contributed by atoms with E-state index in [1.54, 1.807) is 0 Å². The third-order valence-corrected chi connectivity index (χ3v) is 4.31. The first-order chi connectivity index (χ1) is 8.20. The summed E-state index contributed by atoms with van der Waals surface area (Å²) < 4.78 is 38.2. The molecule has 0 bridgehead atoms. The Kier molecular flexibility index (Phi) is 3.75. The Morgan fingerprint density at radius 3 is 2.39 bits per heavy atom. The molecule has 1 spiro atoms. The first-order valence-electron chi connectivity index (χ1n) is 6.36. The molecule has 2 fully saturated rings. The van der Waals surface area contributed by atoms with Crippen LogP contribution < -0.4 is 0 Å². The van der Waals surface area contributed by atoms with Gasteiger partial charge < -0.3 is 9.47 Å². The predicted octanol–water partition coefficient (Wildman–Crippen LogP) is 1.67. The standard InChI is InChI=1S/C12H22O5S/c1-11(2)4-6-12(7-5-11)15-8-10(17-12)9-16-18(3,13)14/h10H,4-9H2,1-3H3. The molecule has 1 saturated heterocycles. The van der Waals surface area contributed by atoms with Gasteiger partial charge in [0.2, 0.25) is 0 Å². The van der Waals surface area contributed by atoms with Crippen LogP contribution in [0.2, 0.25) is 0 Å². The molecule has 2 aliphatic rings. The Balaban J connectivity index is 1.85. The SMILES string of the molecule is CC1(C)CCC2(CC1)OCC(COS(C)(=O)=O)O2. The Bertz CT molecular complexity index is 391. The Morgan fingerprint density at radius 2 is 1.83 bits per heavy atom. The van der Waals surface area contributed by atoms with Gasteiger partial charge in [-0.25, -0.2) is 0 Å². The van der Waals surface area contributed by atoms with E-state index in [1.807, 2.05) is 0 Å². The second-order valence-electron chi connectivity index (χ2n) is 6.11. The summed E-state index contributed by atoms with van der Waals surface area (Å²) in [6.07, 6.45) is 4.63. The molecule has 0 aromatic heterocycles. The Labute approximate surface area is 109 Å². The summed E-state index contributed by atoms with van der Waals surface area (Å²) in [5.41, 5.74) is 0.347. The van der Waals surface area contributed by atoms with Crippen molar-refractivity contribution in [2.75, 3.05) is 19.5 Å². The molecule has 1 heterocycles. The van der Waals surface area contributed by atoms with Gasteiger partial charge in [-0.3, -0.25) is 4.18 Å². The summed E-state index contributed by atoms with van der Waals surface area (Å²) in [7, 11) is -3.41. The summed E-state index contributed by atoms with van der Waals surface area (Å²) >= 11 is 0. The van der Waals surface area contributed by atoms with Crippen molar-refractivity contribution in [1.29, 1.82) is 0 Å². The van der Waals surface area contributed by atoms with Crippen LogP contribution >= 0.6 is 0 Å². The highest BCUT2D eigenvalue weighted by molar-refractivity contribution is 7.85. The minimum absolute atomic E-state index is 0.0456. The topological polar surface area (TPSA) is 61.8 Å². The average molecular weight is 278 g/mol. The third-order valence-electron chi connectivity index (χ3n) is 3.75. The predicted molar refractivity (Wildman–Crippen MR) is 66.6 cm³/mol. The van der Waals surface area contributed by atoms with Gasteiger partial charge in [0.15, 0.2) is 5.79 Å². The van der Waals surface area contributed by atoms with Crippen molar-refractivity contribution in [2.45, 2.75) is 51.4 Å². The third kappa shape index (κ3) is 3.66. The zero-order valence-corrected chi connectivity index (χ0v) is 12.1. The van der Waals surface area contributed by atoms with Gasteiger partial charge in [0.25, 0.3) is 10.1 Å². The van der Waals surface area contributed by atoms with E-state index in [9.17, 15) is 8.42 Å². The molecule has 106 valence electrons. The average Bonchev–Trinajstić information content (AvgIpc) is 2.64. The van der Waals surface area contributed by atoms with Crippen LogP contribution in [0.3, 0.4) is 0 Å². The van der Waals surface area contributed by atoms with E-state index < -0.39 is 15.9 Å². The molecule has 0 N–H and O–H groups in total. The molecule has 1 unspecified atom stereocenters. The van der Waals surface area contributed by atoms with Gasteiger partial charge in [-0.15, -0.1) is 0 Å². The molecule has 2 rings (SSSR count). The van der Waals surface area contributed by atoms with Crippen molar-refractivity contribution in [2.24, 2.45) is 5.41 Å². The van der Waals surface area contributed by atoms with Crippen LogP contribution in [0.4, 0.5) is 0 Å². The molecule has 1 saturated carbocycles. The summed E-state index contributed by atoms with van der Waals surface area (Å²) in [5, 5.41) is 0. The van der Waals surface area contributed by atoms with E-state index >= 15 is 0 Å². The lowest BCUT2D eigenvalue weighted by molar-refractivity contribution is -0.200. The van der Waals surface area contributed by atoms with Crippen LogP contribution in [-0.2, 0) is 23.8 Å². The van der Waals surface area contributed by atoms with Crippen LogP contribution in [0.25, 0.3) is 0 Å². The van der Waals surface area contributed by atoms with Gasteiger partial charge in [0, 0.05) is 12.8 Å². The van der Waals surface area contributed by atoms with Gasteiger partial charge >= 0.3 is 0 Å². The number of ether oxygens (including phenoxy) is 2. The van der Waals surface area contributed by atoms with E-state index in [0.717, 1.165) is 31.9 Å². The van der Waals surface area contributed by atoms with E-state index in [0.29, 0.717) is 12.0 Å². The van der Waals surface area contributed by atoms with Crippen molar-refractivity contribution in [1.82, 2.24) is 0 Å². The van der Waals surface area contributed by atoms with Crippen molar-refractivity contribution >= 4 is 10.1 Å². The van der Waals surface area contributed by atoms with Crippen LogP contribution in [0, 0.1) is 5.41 Å². The molecular formula is C12H22O5S. The zero-order chi connectivity index (χ0) is 13.4. The number of rotatable bonds is 3. The molecule has 18 heavy (non-hydrogen) atoms. The molecule has 0 radical (unpaired) electrons. The fourth-order valence-electron chi connectivity index (χ4n) is 2.47. The largest absolute Gasteiger partial charge is 0.347 e. The van der Waals surface area contributed by atoms with Crippen molar-refractivity contribution in [3.63, 3.8) is 0 Å². The molecule has 1 atom stereocenters. The van der Waals surface area contributed by atoms with Crippen LogP contribution in [0.1, 0.15) is 39.5 Å². The molecular weight excluding hydrogens is 256 g/mol. The lowest BCUT2D eigenvalue weighted by Gasteiger charge is -2.39. The molecule has 5 nitrogen and oxygen atoms in total.